The van der Waals surface area contributed by atoms with Gasteiger partial charge in [-0.05, 0) is 5.92 Å². The van der Waals surface area contributed by atoms with E-state index in [2.05, 4.69) is 25.0 Å². The predicted octanol–water partition coefficient (Wildman–Crippen LogP) is 0.466. The number of rotatable bonds is 6. The molecule has 4 heteroatoms. The van der Waals surface area contributed by atoms with E-state index >= 15 is 0 Å². The first-order chi connectivity index (χ1) is 8.08. The molecule has 4 nitrogen and oxygen atoms in total. The number of hydrogen-bond acceptors (Lipinski definition) is 3. The molecule has 1 heterocycles. The molecule has 0 radical (unpaired) electrons. The fraction of sp³-hybridized carbons (Fsp3) is 0.615. The Morgan fingerprint density at radius 3 is 2.41 bits per heavy atom. The van der Waals surface area contributed by atoms with Gasteiger partial charge in [0.15, 0.2) is 0 Å². The minimum Gasteiger partial charge on any atom is -0.334 e. The number of amides is 1. The third kappa shape index (κ3) is 3.98. The molecule has 1 fully saturated rings. The van der Waals surface area contributed by atoms with Gasteiger partial charge in [0.25, 0.3) is 0 Å². The van der Waals surface area contributed by atoms with Gasteiger partial charge in [0.05, 0.1) is 6.54 Å². The molecular weight excluding hydrogens is 214 g/mol. The van der Waals surface area contributed by atoms with Gasteiger partial charge in [-0.25, -0.2) is 0 Å². The fourth-order valence-electron chi connectivity index (χ4n) is 2.11. The summed E-state index contributed by atoms with van der Waals surface area (Å²) in [5.41, 5.74) is 5.94. The van der Waals surface area contributed by atoms with Crippen molar-refractivity contribution in [3.05, 3.63) is 25.3 Å². The highest BCUT2D eigenvalue weighted by atomic mass is 16.2. The Balaban J connectivity index is 2.46. The van der Waals surface area contributed by atoms with Crippen LogP contribution in [-0.4, -0.2) is 54.5 Å². The van der Waals surface area contributed by atoms with Gasteiger partial charge in [0, 0.05) is 32.2 Å². The van der Waals surface area contributed by atoms with Crippen LogP contribution in [0.1, 0.15) is 6.92 Å². The van der Waals surface area contributed by atoms with Crippen molar-refractivity contribution in [1.82, 2.24) is 9.80 Å². The van der Waals surface area contributed by atoms with Crippen LogP contribution in [0.2, 0.25) is 0 Å². The Bertz CT molecular complexity index is 270. The van der Waals surface area contributed by atoms with Gasteiger partial charge < -0.3 is 10.6 Å². The molecule has 2 atom stereocenters. The molecule has 0 aromatic heterocycles. The molecule has 0 aromatic rings. The molecule has 2 N–H and O–H groups in total. The monoisotopic (exact) mass is 237 g/mol. The van der Waals surface area contributed by atoms with Gasteiger partial charge >= 0.3 is 0 Å². The van der Waals surface area contributed by atoms with Gasteiger partial charge in [-0.15, -0.1) is 13.2 Å². The Kier molecular flexibility index (Phi) is 5.38. The zero-order chi connectivity index (χ0) is 12.8. The lowest BCUT2D eigenvalue weighted by Crippen LogP contribution is -2.40. The van der Waals surface area contributed by atoms with E-state index in [1.54, 1.807) is 17.1 Å². The van der Waals surface area contributed by atoms with Gasteiger partial charge in [-0.3, -0.25) is 9.69 Å². The maximum Gasteiger partial charge on any atom is 0.237 e. The van der Waals surface area contributed by atoms with Gasteiger partial charge in [-0.2, -0.15) is 0 Å². The highest BCUT2D eigenvalue weighted by Gasteiger charge is 2.28. The van der Waals surface area contributed by atoms with Crippen molar-refractivity contribution >= 4 is 5.91 Å². The summed E-state index contributed by atoms with van der Waals surface area (Å²) in [4.78, 5) is 15.9. The fourth-order valence-corrected chi connectivity index (χ4v) is 2.11. The molecule has 96 valence electrons. The van der Waals surface area contributed by atoms with E-state index in [0.717, 1.165) is 13.1 Å². The zero-order valence-electron chi connectivity index (χ0n) is 10.6. The summed E-state index contributed by atoms with van der Waals surface area (Å²) in [6.45, 7) is 12.7. The lowest BCUT2D eigenvalue weighted by atomic mass is 10.1. The molecule has 1 rings (SSSR count). The predicted molar refractivity (Wildman–Crippen MR) is 70.6 cm³/mol. The first-order valence-corrected chi connectivity index (χ1v) is 6.06. The lowest BCUT2D eigenvalue weighted by molar-refractivity contribution is -0.131. The third-order valence-corrected chi connectivity index (χ3v) is 3.16. The smallest absolute Gasteiger partial charge is 0.237 e. The highest BCUT2D eigenvalue weighted by molar-refractivity contribution is 5.78. The number of nitrogens with two attached hydrogens (primary N) is 1. The molecule has 0 spiro atoms. The molecule has 1 amide bonds. The second kappa shape index (κ2) is 6.57. The van der Waals surface area contributed by atoms with Gasteiger partial charge in [0.2, 0.25) is 5.91 Å². The number of likely N-dealkylation sites (tertiary alicyclic amines) is 1. The Morgan fingerprint density at radius 2 is 2.00 bits per heavy atom. The van der Waals surface area contributed by atoms with E-state index in [1.807, 2.05) is 0 Å². The van der Waals surface area contributed by atoms with Crippen molar-refractivity contribution in [3.8, 4) is 0 Å². The zero-order valence-corrected chi connectivity index (χ0v) is 10.6. The van der Waals surface area contributed by atoms with Crippen LogP contribution in [0, 0.1) is 5.92 Å². The maximum atomic E-state index is 12.0. The van der Waals surface area contributed by atoms with E-state index in [0.29, 0.717) is 25.6 Å². The van der Waals surface area contributed by atoms with Crippen LogP contribution in [0.25, 0.3) is 0 Å². The molecule has 1 saturated heterocycles. The lowest BCUT2D eigenvalue weighted by Gasteiger charge is -2.23. The maximum absolute atomic E-state index is 12.0. The summed E-state index contributed by atoms with van der Waals surface area (Å²) in [7, 11) is 0. The number of carbonyl (C=O) groups excluding carboxylic acids is 1. The van der Waals surface area contributed by atoms with E-state index in [9.17, 15) is 4.79 Å². The summed E-state index contributed by atoms with van der Waals surface area (Å²) in [6.07, 6.45) is 3.47. The van der Waals surface area contributed by atoms with Crippen molar-refractivity contribution in [2.24, 2.45) is 11.7 Å². The molecule has 0 aliphatic carbocycles. The van der Waals surface area contributed by atoms with Crippen LogP contribution in [0.5, 0.6) is 0 Å². The summed E-state index contributed by atoms with van der Waals surface area (Å²) in [5.74, 6) is 0.584. The summed E-state index contributed by atoms with van der Waals surface area (Å²) in [6, 6.07) is 0.190. The van der Waals surface area contributed by atoms with Crippen LogP contribution in [-0.2, 0) is 4.79 Å². The Hall–Kier alpha value is -1.13. The van der Waals surface area contributed by atoms with E-state index < -0.39 is 0 Å². The second-order valence-corrected chi connectivity index (χ2v) is 4.71. The van der Waals surface area contributed by atoms with E-state index in [-0.39, 0.29) is 11.9 Å². The summed E-state index contributed by atoms with van der Waals surface area (Å²) < 4.78 is 0. The van der Waals surface area contributed by atoms with Gasteiger partial charge in [-0.1, -0.05) is 19.1 Å². The largest absolute Gasteiger partial charge is 0.334 e. The van der Waals surface area contributed by atoms with Crippen molar-refractivity contribution in [3.63, 3.8) is 0 Å². The average Bonchev–Trinajstić information content (AvgIpc) is 2.57. The summed E-state index contributed by atoms with van der Waals surface area (Å²) in [5, 5.41) is 0. The highest BCUT2D eigenvalue weighted by Crippen LogP contribution is 2.14. The van der Waals surface area contributed by atoms with Crippen LogP contribution < -0.4 is 5.73 Å². The minimum atomic E-state index is 0.117. The van der Waals surface area contributed by atoms with Crippen molar-refractivity contribution < 1.29 is 4.79 Å². The third-order valence-electron chi connectivity index (χ3n) is 3.16. The SMILES string of the molecule is C=CCN(CC=C)C(=O)CN1CC(C)C(N)C1. The van der Waals surface area contributed by atoms with Crippen LogP contribution in [0.4, 0.5) is 0 Å². The van der Waals surface area contributed by atoms with Crippen LogP contribution >= 0.6 is 0 Å². The van der Waals surface area contributed by atoms with Crippen molar-refractivity contribution in [1.29, 1.82) is 0 Å². The summed E-state index contributed by atoms with van der Waals surface area (Å²) >= 11 is 0. The number of hydrogen-bond donors (Lipinski definition) is 1. The molecule has 1 aliphatic rings. The van der Waals surface area contributed by atoms with Crippen LogP contribution in [0.3, 0.4) is 0 Å². The molecule has 0 saturated carbocycles. The number of nitrogens with zero attached hydrogens (tertiary/aromatic N) is 2. The quantitative estimate of drug-likeness (QED) is 0.683. The van der Waals surface area contributed by atoms with Crippen molar-refractivity contribution in [2.45, 2.75) is 13.0 Å². The first kappa shape index (κ1) is 13.9. The normalized spacial score (nSPS) is 24.6. The first-order valence-electron chi connectivity index (χ1n) is 6.06. The Morgan fingerprint density at radius 1 is 1.41 bits per heavy atom. The average molecular weight is 237 g/mol. The molecule has 0 bridgehead atoms. The van der Waals surface area contributed by atoms with Gasteiger partial charge in [0.1, 0.15) is 0 Å². The molecule has 0 aromatic carbocycles. The topological polar surface area (TPSA) is 49.6 Å². The molecule has 2 unspecified atom stereocenters. The number of carbonyl (C=O) groups is 1. The molecule has 17 heavy (non-hydrogen) atoms. The second-order valence-electron chi connectivity index (χ2n) is 4.71. The standard InChI is InChI=1S/C13H23N3O/c1-4-6-16(7-5-2)13(17)10-15-8-11(3)12(14)9-15/h4-5,11-12H,1-2,6-10,14H2,3H3. The minimum absolute atomic E-state index is 0.117. The molecule has 1 aliphatic heterocycles. The molecular formula is C13H23N3O. The van der Waals surface area contributed by atoms with E-state index in [4.69, 9.17) is 5.73 Å². The van der Waals surface area contributed by atoms with E-state index in [1.165, 1.54) is 0 Å². The van der Waals surface area contributed by atoms with Crippen LogP contribution in [0.15, 0.2) is 25.3 Å². The Labute approximate surface area is 104 Å². The van der Waals surface area contributed by atoms with Crippen molar-refractivity contribution in [2.75, 3.05) is 32.7 Å².